The van der Waals surface area contributed by atoms with E-state index in [0.29, 0.717) is 16.3 Å². The summed E-state index contributed by atoms with van der Waals surface area (Å²) >= 11 is 6.22. The van der Waals surface area contributed by atoms with E-state index in [2.05, 4.69) is 10.1 Å². The largest absolute Gasteiger partial charge is 0.409 e. The minimum absolute atomic E-state index is 0.00225. The van der Waals surface area contributed by atoms with E-state index in [1.807, 2.05) is 0 Å². The van der Waals surface area contributed by atoms with Crippen LogP contribution in [-0.2, 0) is 0 Å². The van der Waals surface area contributed by atoms with Crippen LogP contribution in [0.5, 0.6) is 0 Å². The van der Waals surface area contributed by atoms with E-state index in [0.717, 1.165) is 31.6 Å². The van der Waals surface area contributed by atoms with Gasteiger partial charge in [-0.2, -0.15) is 0 Å². The molecule has 6 heteroatoms. The Labute approximate surface area is 111 Å². The van der Waals surface area contributed by atoms with Gasteiger partial charge in [0.05, 0.1) is 10.7 Å². The molecule has 1 aliphatic heterocycles. The molecule has 1 fully saturated rings. The summed E-state index contributed by atoms with van der Waals surface area (Å²) in [7, 11) is 0. The molecule has 0 spiro atoms. The molecular weight excluding hydrogens is 252 g/mol. The van der Waals surface area contributed by atoms with Gasteiger partial charge in [-0.05, 0) is 31.4 Å². The lowest BCUT2D eigenvalue weighted by atomic mass is 10.1. The summed E-state index contributed by atoms with van der Waals surface area (Å²) in [5.41, 5.74) is 13.2. The standard InChI is InChI=1S/C12H17ClN4O/c13-9-7-10(14)8(12(15)16-18)6-11(9)17-4-2-1-3-5-17/h6-7,18H,1-5,14H2,(H2,15,16). The molecule has 0 aromatic heterocycles. The molecule has 0 unspecified atom stereocenters. The predicted octanol–water partition coefficient (Wildman–Crippen LogP) is 2.01. The Kier molecular flexibility index (Phi) is 3.81. The maximum absolute atomic E-state index is 8.74. The van der Waals surface area contributed by atoms with Crippen LogP contribution in [0.3, 0.4) is 0 Å². The fourth-order valence-electron chi connectivity index (χ4n) is 2.23. The first-order valence-electron chi connectivity index (χ1n) is 5.95. The van der Waals surface area contributed by atoms with Crippen molar-refractivity contribution in [2.75, 3.05) is 23.7 Å². The van der Waals surface area contributed by atoms with E-state index in [1.165, 1.54) is 6.42 Å². The van der Waals surface area contributed by atoms with Crippen LogP contribution in [0, 0.1) is 0 Å². The highest BCUT2D eigenvalue weighted by molar-refractivity contribution is 6.34. The predicted molar refractivity (Wildman–Crippen MR) is 74.4 cm³/mol. The number of anilines is 2. The molecule has 5 nitrogen and oxygen atoms in total. The zero-order valence-electron chi connectivity index (χ0n) is 10.1. The highest BCUT2D eigenvalue weighted by Gasteiger charge is 2.17. The monoisotopic (exact) mass is 268 g/mol. The highest BCUT2D eigenvalue weighted by Crippen LogP contribution is 2.32. The molecule has 1 aromatic carbocycles. The Balaban J connectivity index is 2.40. The summed E-state index contributed by atoms with van der Waals surface area (Å²) in [5, 5.41) is 12.3. The van der Waals surface area contributed by atoms with Crippen molar-refractivity contribution >= 4 is 28.8 Å². The van der Waals surface area contributed by atoms with Gasteiger partial charge < -0.3 is 21.6 Å². The summed E-state index contributed by atoms with van der Waals surface area (Å²) in [5.74, 6) is 0.00225. The number of nitrogens with zero attached hydrogens (tertiary/aromatic N) is 2. The number of benzene rings is 1. The van der Waals surface area contributed by atoms with Crippen LogP contribution in [-0.4, -0.2) is 24.1 Å². The zero-order valence-corrected chi connectivity index (χ0v) is 10.8. The van der Waals surface area contributed by atoms with Crippen LogP contribution in [0.15, 0.2) is 17.3 Å². The topological polar surface area (TPSA) is 87.9 Å². The Morgan fingerprint density at radius 1 is 1.28 bits per heavy atom. The molecule has 1 aromatic rings. The molecule has 0 amide bonds. The number of nitrogens with two attached hydrogens (primary N) is 2. The van der Waals surface area contributed by atoms with Gasteiger partial charge in [0.2, 0.25) is 0 Å². The zero-order chi connectivity index (χ0) is 13.1. The molecule has 2 rings (SSSR count). The van der Waals surface area contributed by atoms with Crippen molar-refractivity contribution in [3.8, 4) is 0 Å². The number of amidine groups is 1. The minimum Gasteiger partial charge on any atom is -0.409 e. The maximum Gasteiger partial charge on any atom is 0.172 e. The lowest BCUT2D eigenvalue weighted by Gasteiger charge is -2.30. The number of hydrogen-bond donors (Lipinski definition) is 3. The maximum atomic E-state index is 8.74. The van der Waals surface area contributed by atoms with Gasteiger partial charge in [-0.25, -0.2) is 0 Å². The van der Waals surface area contributed by atoms with Crippen LogP contribution in [0.2, 0.25) is 5.02 Å². The molecule has 0 bridgehead atoms. The van der Waals surface area contributed by atoms with Crippen molar-refractivity contribution in [1.82, 2.24) is 0 Å². The Morgan fingerprint density at radius 2 is 1.94 bits per heavy atom. The van der Waals surface area contributed by atoms with Gasteiger partial charge in [-0.15, -0.1) is 0 Å². The van der Waals surface area contributed by atoms with Crippen molar-refractivity contribution in [2.45, 2.75) is 19.3 Å². The van der Waals surface area contributed by atoms with Crippen molar-refractivity contribution in [3.05, 3.63) is 22.7 Å². The number of nitrogen functional groups attached to an aromatic ring is 1. The summed E-state index contributed by atoms with van der Waals surface area (Å²) in [6.45, 7) is 1.94. The fourth-order valence-corrected chi connectivity index (χ4v) is 2.52. The number of halogens is 1. The second-order valence-electron chi connectivity index (χ2n) is 4.42. The Bertz CT molecular complexity index is 469. The molecular formula is C12H17ClN4O. The van der Waals surface area contributed by atoms with Crippen molar-refractivity contribution in [2.24, 2.45) is 10.9 Å². The van der Waals surface area contributed by atoms with Crippen LogP contribution in [0.1, 0.15) is 24.8 Å². The van der Waals surface area contributed by atoms with E-state index in [-0.39, 0.29) is 5.84 Å². The van der Waals surface area contributed by atoms with Gasteiger partial charge in [0.15, 0.2) is 5.84 Å². The number of rotatable bonds is 2. The van der Waals surface area contributed by atoms with Gasteiger partial charge in [-0.3, -0.25) is 0 Å². The van der Waals surface area contributed by atoms with Gasteiger partial charge in [0.1, 0.15) is 0 Å². The number of oxime groups is 1. The Morgan fingerprint density at radius 3 is 2.56 bits per heavy atom. The molecule has 98 valence electrons. The molecule has 0 aliphatic carbocycles. The second kappa shape index (κ2) is 5.35. The summed E-state index contributed by atoms with van der Waals surface area (Å²) in [6.07, 6.45) is 3.55. The van der Waals surface area contributed by atoms with E-state index in [4.69, 9.17) is 28.3 Å². The van der Waals surface area contributed by atoms with E-state index < -0.39 is 0 Å². The quantitative estimate of drug-likeness (QED) is 0.252. The van der Waals surface area contributed by atoms with Crippen molar-refractivity contribution in [3.63, 3.8) is 0 Å². The summed E-state index contributed by atoms with van der Waals surface area (Å²) in [6, 6.07) is 3.44. The molecule has 0 saturated carbocycles. The third-order valence-electron chi connectivity index (χ3n) is 3.20. The van der Waals surface area contributed by atoms with Gasteiger partial charge in [0, 0.05) is 24.3 Å². The lowest BCUT2D eigenvalue weighted by Crippen LogP contribution is -2.30. The Hall–Kier alpha value is -1.62. The average Bonchev–Trinajstić information content (AvgIpc) is 2.39. The summed E-state index contributed by atoms with van der Waals surface area (Å²) in [4.78, 5) is 2.21. The molecule has 1 heterocycles. The fraction of sp³-hybridized carbons (Fsp3) is 0.417. The smallest absolute Gasteiger partial charge is 0.172 e. The van der Waals surface area contributed by atoms with Crippen LogP contribution in [0.25, 0.3) is 0 Å². The van der Waals surface area contributed by atoms with E-state index in [1.54, 1.807) is 12.1 Å². The third kappa shape index (κ3) is 2.46. The van der Waals surface area contributed by atoms with Crippen LogP contribution >= 0.6 is 11.6 Å². The molecule has 5 N–H and O–H groups in total. The van der Waals surface area contributed by atoms with Gasteiger partial charge >= 0.3 is 0 Å². The first-order valence-corrected chi connectivity index (χ1v) is 6.33. The SMILES string of the molecule is NC(=NO)c1cc(N2CCCCC2)c(Cl)cc1N. The molecule has 1 saturated heterocycles. The van der Waals surface area contributed by atoms with E-state index >= 15 is 0 Å². The van der Waals surface area contributed by atoms with E-state index in [9.17, 15) is 0 Å². The average molecular weight is 269 g/mol. The number of hydrogen-bond acceptors (Lipinski definition) is 4. The lowest BCUT2D eigenvalue weighted by molar-refractivity contribution is 0.318. The van der Waals surface area contributed by atoms with Crippen LogP contribution < -0.4 is 16.4 Å². The minimum atomic E-state index is 0.00225. The molecule has 1 aliphatic rings. The molecule has 0 atom stereocenters. The van der Waals surface area contributed by atoms with Gasteiger partial charge in [0.25, 0.3) is 0 Å². The third-order valence-corrected chi connectivity index (χ3v) is 3.50. The molecule has 0 radical (unpaired) electrons. The molecule has 18 heavy (non-hydrogen) atoms. The second-order valence-corrected chi connectivity index (χ2v) is 4.83. The first kappa shape index (κ1) is 12.8. The number of piperidine rings is 1. The van der Waals surface area contributed by atoms with Crippen molar-refractivity contribution in [1.29, 1.82) is 0 Å². The normalized spacial score (nSPS) is 16.9. The summed E-state index contributed by atoms with van der Waals surface area (Å²) < 4.78 is 0. The van der Waals surface area contributed by atoms with Crippen molar-refractivity contribution < 1.29 is 5.21 Å². The van der Waals surface area contributed by atoms with Gasteiger partial charge in [-0.1, -0.05) is 16.8 Å². The first-order chi connectivity index (χ1) is 8.63. The van der Waals surface area contributed by atoms with Crippen LogP contribution in [0.4, 0.5) is 11.4 Å². The highest BCUT2D eigenvalue weighted by atomic mass is 35.5.